The summed E-state index contributed by atoms with van der Waals surface area (Å²) in [5, 5.41) is 9.38. The van der Waals surface area contributed by atoms with Gasteiger partial charge in [-0.3, -0.25) is 4.79 Å². The van der Waals surface area contributed by atoms with Gasteiger partial charge in [-0.15, -0.1) is 0 Å². The van der Waals surface area contributed by atoms with Gasteiger partial charge < -0.3 is 5.11 Å². The van der Waals surface area contributed by atoms with Crippen molar-refractivity contribution in [2.24, 2.45) is 5.41 Å². The van der Waals surface area contributed by atoms with Crippen molar-refractivity contribution in [1.82, 2.24) is 0 Å². The van der Waals surface area contributed by atoms with Crippen molar-refractivity contribution in [3.63, 3.8) is 0 Å². The summed E-state index contributed by atoms with van der Waals surface area (Å²) >= 11 is 0. The Morgan fingerprint density at radius 2 is 0.960 bits per heavy atom. The predicted octanol–water partition coefficient (Wildman–Crippen LogP) is 8.14. The second kappa shape index (κ2) is 16.9. The number of carboxylic acids is 1. The second-order valence-electron chi connectivity index (χ2n) is 8.32. The molecule has 25 heavy (non-hydrogen) atoms. The molecule has 0 unspecified atom stereocenters. The van der Waals surface area contributed by atoms with E-state index in [1.807, 2.05) is 6.92 Å². The summed E-state index contributed by atoms with van der Waals surface area (Å²) in [7, 11) is 0. The van der Waals surface area contributed by atoms with Crippen LogP contribution in [-0.4, -0.2) is 11.1 Å². The lowest BCUT2D eigenvalue weighted by atomic mass is 9.80. The molecule has 0 saturated carbocycles. The van der Waals surface area contributed by atoms with E-state index in [0.29, 0.717) is 0 Å². The average molecular weight is 355 g/mol. The Labute approximate surface area is 158 Å². The summed E-state index contributed by atoms with van der Waals surface area (Å²) in [6.45, 7) is 6.27. The van der Waals surface area contributed by atoms with Gasteiger partial charge in [-0.1, -0.05) is 117 Å². The van der Waals surface area contributed by atoms with Crippen LogP contribution in [0.1, 0.15) is 136 Å². The third-order valence-corrected chi connectivity index (χ3v) is 5.65. The fourth-order valence-corrected chi connectivity index (χ4v) is 3.78. The summed E-state index contributed by atoms with van der Waals surface area (Å²) in [6.07, 6.45) is 23.0. The van der Waals surface area contributed by atoms with Crippen molar-refractivity contribution in [2.45, 2.75) is 136 Å². The lowest BCUT2D eigenvalue weighted by Crippen LogP contribution is -2.27. The van der Waals surface area contributed by atoms with Crippen molar-refractivity contribution in [1.29, 1.82) is 0 Å². The fourth-order valence-electron chi connectivity index (χ4n) is 3.78. The maximum Gasteiger partial charge on any atom is 0.309 e. The van der Waals surface area contributed by atoms with Gasteiger partial charge in [0.15, 0.2) is 0 Å². The molecule has 0 fully saturated rings. The molecular formula is C23H46O2. The van der Waals surface area contributed by atoms with Crippen LogP contribution in [0, 0.1) is 5.41 Å². The molecule has 1 atom stereocenters. The molecule has 0 heterocycles. The molecule has 0 amide bonds. The summed E-state index contributed by atoms with van der Waals surface area (Å²) in [6, 6.07) is 0. The molecular weight excluding hydrogens is 308 g/mol. The number of carboxylic acid groups (broad SMARTS) is 1. The third kappa shape index (κ3) is 14.3. The lowest BCUT2D eigenvalue weighted by molar-refractivity contribution is -0.148. The highest BCUT2D eigenvalue weighted by Gasteiger charge is 2.31. The Bertz CT molecular complexity index is 300. The number of hydrogen-bond donors (Lipinski definition) is 1. The van der Waals surface area contributed by atoms with E-state index in [-0.39, 0.29) is 0 Å². The van der Waals surface area contributed by atoms with Gasteiger partial charge in [0.1, 0.15) is 0 Å². The maximum absolute atomic E-state index is 11.4. The summed E-state index contributed by atoms with van der Waals surface area (Å²) in [5.41, 5.74) is -0.495. The number of hydrogen-bond acceptors (Lipinski definition) is 1. The molecule has 0 aromatic rings. The molecule has 1 N–H and O–H groups in total. The second-order valence-corrected chi connectivity index (χ2v) is 8.32. The molecule has 0 aromatic carbocycles. The molecule has 2 nitrogen and oxygen atoms in total. The van der Waals surface area contributed by atoms with Crippen LogP contribution in [0.15, 0.2) is 0 Å². The first kappa shape index (κ1) is 24.5. The minimum absolute atomic E-state index is 0.495. The summed E-state index contributed by atoms with van der Waals surface area (Å²) < 4.78 is 0. The van der Waals surface area contributed by atoms with E-state index in [4.69, 9.17) is 0 Å². The molecule has 0 aromatic heterocycles. The van der Waals surface area contributed by atoms with E-state index in [9.17, 15) is 9.90 Å². The minimum Gasteiger partial charge on any atom is -0.481 e. The van der Waals surface area contributed by atoms with Crippen molar-refractivity contribution in [3.05, 3.63) is 0 Å². The van der Waals surface area contributed by atoms with Crippen molar-refractivity contribution >= 4 is 5.97 Å². The van der Waals surface area contributed by atoms with E-state index in [1.54, 1.807) is 0 Å². The Morgan fingerprint density at radius 3 is 1.28 bits per heavy atom. The Hall–Kier alpha value is -0.530. The monoisotopic (exact) mass is 354 g/mol. The SMILES string of the molecule is CCCCCCCCCCCCCCCCC[C@](C)(CCC)C(=O)O. The number of unbranched alkanes of at least 4 members (excludes halogenated alkanes) is 14. The highest BCUT2D eigenvalue weighted by Crippen LogP contribution is 2.30. The number of rotatable bonds is 19. The van der Waals surface area contributed by atoms with Gasteiger partial charge in [-0.2, -0.15) is 0 Å². The van der Waals surface area contributed by atoms with Crippen molar-refractivity contribution in [3.8, 4) is 0 Å². The first-order chi connectivity index (χ1) is 12.1. The minimum atomic E-state index is -0.611. The molecule has 0 bridgehead atoms. The topological polar surface area (TPSA) is 37.3 Å². The molecule has 0 aliphatic heterocycles. The zero-order valence-corrected chi connectivity index (χ0v) is 17.6. The third-order valence-electron chi connectivity index (χ3n) is 5.65. The fraction of sp³-hybridized carbons (Fsp3) is 0.957. The highest BCUT2D eigenvalue weighted by atomic mass is 16.4. The van der Waals surface area contributed by atoms with E-state index >= 15 is 0 Å². The molecule has 0 aliphatic rings. The number of carbonyl (C=O) groups is 1. The predicted molar refractivity (Wildman–Crippen MR) is 110 cm³/mol. The van der Waals surface area contributed by atoms with E-state index in [0.717, 1.165) is 25.7 Å². The van der Waals surface area contributed by atoms with Crippen LogP contribution in [0.3, 0.4) is 0 Å². The lowest BCUT2D eigenvalue weighted by Gasteiger charge is -2.24. The zero-order chi connectivity index (χ0) is 18.8. The quantitative estimate of drug-likeness (QED) is 0.238. The van der Waals surface area contributed by atoms with E-state index in [2.05, 4.69) is 13.8 Å². The van der Waals surface area contributed by atoms with Crippen molar-refractivity contribution < 1.29 is 9.90 Å². The molecule has 0 radical (unpaired) electrons. The van der Waals surface area contributed by atoms with Gasteiger partial charge in [-0.25, -0.2) is 0 Å². The molecule has 0 aliphatic carbocycles. The van der Waals surface area contributed by atoms with Gasteiger partial charge in [0.25, 0.3) is 0 Å². The first-order valence-electron chi connectivity index (χ1n) is 11.3. The van der Waals surface area contributed by atoms with E-state index in [1.165, 1.54) is 89.9 Å². The van der Waals surface area contributed by atoms with Crippen LogP contribution in [-0.2, 0) is 4.79 Å². The molecule has 150 valence electrons. The Morgan fingerprint density at radius 1 is 0.600 bits per heavy atom. The molecule has 0 spiro atoms. The van der Waals surface area contributed by atoms with Crippen LogP contribution < -0.4 is 0 Å². The molecule has 0 rings (SSSR count). The van der Waals surface area contributed by atoms with Crippen LogP contribution in [0.2, 0.25) is 0 Å². The summed E-state index contributed by atoms with van der Waals surface area (Å²) in [5.74, 6) is -0.611. The molecule has 0 saturated heterocycles. The molecule has 2 heteroatoms. The van der Waals surface area contributed by atoms with Crippen LogP contribution in [0.25, 0.3) is 0 Å². The van der Waals surface area contributed by atoms with Crippen molar-refractivity contribution in [2.75, 3.05) is 0 Å². The van der Waals surface area contributed by atoms with Crippen LogP contribution >= 0.6 is 0 Å². The zero-order valence-electron chi connectivity index (χ0n) is 17.6. The maximum atomic E-state index is 11.4. The largest absolute Gasteiger partial charge is 0.481 e. The van der Waals surface area contributed by atoms with E-state index < -0.39 is 11.4 Å². The van der Waals surface area contributed by atoms with Gasteiger partial charge in [0.05, 0.1) is 5.41 Å². The Balaban J connectivity index is 3.32. The normalized spacial score (nSPS) is 13.7. The van der Waals surface area contributed by atoms with Gasteiger partial charge >= 0.3 is 5.97 Å². The first-order valence-corrected chi connectivity index (χ1v) is 11.3. The summed E-state index contributed by atoms with van der Waals surface area (Å²) in [4.78, 5) is 11.4. The Kier molecular flexibility index (Phi) is 16.6. The van der Waals surface area contributed by atoms with Gasteiger partial charge in [0.2, 0.25) is 0 Å². The van der Waals surface area contributed by atoms with Crippen LogP contribution in [0.5, 0.6) is 0 Å². The standard InChI is InChI=1S/C23H46O2/c1-4-6-7-8-9-10-11-12-13-14-15-16-17-18-19-21-23(3,20-5-2)22(24)25/h4-21H2,1-3H3,(H,24,25)/t23-/m0/s1. The van der Waals surface area contributed by atoms with Gasteiger partial charge in [0, 0.05) is 0 Å². The smallest absolute Gasteiger partial charge is 0.309 e. The highest BCUT2D eigenvalue weighted by molar-refractivity contribution is 5.73. The average Bonchev–Trinajstić information content (AvgIpc) is 2.58. The van der Waals surface area contributed by atoms with Crippen LogP contribution in [0.4, 0.5) is 0 Å². The van der Waals surface area contributed by atoms with Gasteiger partial charge in [-0.05, 0) is 19.8 Å². The number of aliphatic carboxylic acids is 1.